The first-order valence-electron chi connectivity index (χ1n) is 8.46. The molecule has 3 rings (SSSR count). The normalized spacial score (nSPS) is 10.9. The Morgan fingerprint density at radius 2 is 1.86 bits per heavy atom. The summed E-state index contributed by atoms with van der Waals surface area (Å²) in [6, 6.07) is 17.4. The summed E-state index contributed by atoms with van der Waals surface area (Å²) < 4.78 is 21.5. The third-order valence-electron chi connectivity index (χ3n) is 3.97. The van der Waals surface area contributed by atoms with Crippen molar-refractivity contribution in [3.63, 3.8) is 0 Å². The number of halogens is 1. The summed E-state index contributed by atoms with van der Waals surface area (Å²) in [7, 11) is 3.08. The lowest BCUT2D eigenvalue weighted by molar-refractivity contribution is 0.0700. The van der Waals surface area contributed by atoms with Gasteiger partial charge in [-0.1, -0.05) is 12.1 Å². The molecule has 0 amide bonds. The molecule has 0 aliphatic rings. The number of carbonyl (C=O) groups excluding carboxylic acids is 1. The summed E-state index contributed by atoms with van der Waals surface area (Å²) in [5, 5.41) is 9.60. The average Bonchev–Trinajstić information content (AvgIpc) is 3.18. The van der Waals surface area contributed by atoms with Gasteiger partial charge in [0.2, 0.25) is 5.76 Å². The fraction of sp³-hybridized carbons (Fsp3) is 0.0909. The van der Waals surface area contributed by atoms with Crippen molar-refractivity contribution in [1.29, 1.82) is 5.26 Å². The van der Waals surface area contributed by atoms with E-state index in [-0.39, 0.29) is 5.76 Å². The second kappa shape index (κ2) is 9.13. The Labute approximate surface area is 176 Å². The highest BCUT2D eigenvalue weighted by Gasteiger charge is 2.13. The molecule has 0 aliphatic carbocycles. The van der Waals surface area contributed by atoms with Gasteiger partial charge in [0.1, 0.15) is 5.75 Å². The standard InChI is InChI=1S/C22H16BrNO5/c1-26-18-7-6-15(12-20(18)27-2)16(13-24)10-14-4-3-5-17(11-14)28-22(25)19-8-9-21(23)29-19/h3-12H,1-2H3/b16-10-. The number of methoxy groups -OCH3 is 2. The Kier molecular flexibility index (Phi) is 6.37. The second-order valence-electron chi connectivity index (χ2n) is 5.81. The van der Waals surface area contributed by atoms with Crippen LogP contribution in [-0.4, -0.2) is 20.2 Å². The molecule has 6 nitrogen and oxygen atoms in total. The lowest BCUT2D eigenvalue weighted by Gasteiger charge is -2.09. The van der Waals surface area contributed by atoms with Crippen molar-refractivity contribution in [2.75, 3.05) is 14.2 Å². The van der Waals surface area contributed by atoms with E-state index in [0.29, 0.717) is 38.6 Å². The summed E-state index contributed by atoms with van der Waals surface area (Å²) in [5.41, 5.74) is 1.79. The van der Waals surface area contributed by atoms with Crippen LogP contribution in [0, 0.1) is 11.3 Å². The summed E-state index contributed by atoms with van der Waals surface area (Å²) >= 11 is 3.14. The average molecular weight is 454 g/mol. The number of hydrogen-bond donors (Lipinski definition) is 0. The third-order valence-corrected chi connectivity index (χ3v) is 4.40. The lowest BCUT2D eigenvalue weighted by atomic mass is 10.0. The maximum absolute atomic E-state index is 12.1. The second-order valence-corrected chi connectivity index (χ2v) is 6.59. The maximum atomic E-state index is 12.1. The van der Waals surface area contributed by atoms with Crippen LogP contribution in [0.4, 0.5) is 0 Å². The van der Waals surface area contributed by atoms with Gasteiger partial charge in [-0.15, -0.1) is 0 Å². The quantitative estimate of drug-likeness (QED) is 0.216. The zero-order valence-corrected chi connectivity index (χ0v) is 17.2. The lowest BCUT2D eigenvalue weighted by Crippen LogP contribution is -2.07. The number of allylic oxidation sites excluding steroid dienone is 1. The largest absolute Gasteiger partial charge is 0.493 e. The Morgan fingerprint density at radius 3 is 2.52 bits per heavy atom. The van der Waals surface area contributed by atoms with Gasteiger partial charge in [0.15, 0.2) is 16.2 Å². The highest BCUT2D eigenvalue weighted by atomic mass is 79.9. The van der Waals surface area contributed by atoms with E-state index in [0.717, 1.165) is 0 Å². The molecule has 0 atom stereocenters. The van der Waals surface area contributed by atoms with E-state index in [1.807, 2.05) is 0 Å². The minimum absolute atomic E-state index is 0.0841. The van der Waals surface area contributed by atoms with Crippen LogP contribution in [0.15, 0.2) is 63.7 Å². The predicted octanol–water partition coefficient (Wildman–Crippen LogP) is 5.34. The molecule has 2 aromatic carbocycles. The number of ether oxygens (including phenoxy) is 3. The van der Waals surface area contributed by atoms with E-state index in [4.69, 9.17) is 18.6 Å². The van der Waals surface area contributed by atoms with E-state index in [9.17, 15) is 10.1 Å². The van der Waals surface area contributed by atoms with E-state index in [1.54, 1.807) is 61.7 Å². The van der Waals surface area contributed by atoms with Crippen LogP contribution in [0.5, 0.6) is 17.2 Å². The van der Waals surface area contributed by atoms with Crippen molar-refractivity contribution in [3.05, 3.63) is 76.2 Å². The molecule has 0 bridgehead atoms. The van der Waals surface area contributed by atoms with Crippen molar-refractivity contribution in [3.8, 4) is 23.3 Å². The van der Waals surface area contributed by atoms with Crippen LogP contribution in [0.25, 0.3) is 11.6 Å². The summed E-state index contributed by atoms with van der Waals surface area (Å²) in [6.45, 7) is 0. The van der Waals surface area contributed by atoms with Gasteiger partial charge in [0.25, 0.3) is 0 Å². The summed E-state index contributed by atoms with van der Waals surface area (Å²) in [5.74, 6) is 0.907. The van der Waals surface area contributed by atoms with Gasteiger partial charge in [-0.3, -0.25) is 0 Å². The highest BCUT2D eigenvalue weighted by Crippen LogP contribution is 2.31. The number of nitriles is 1. The number of benzene rings is 2. The van der Waals surface area contributed by atoms with Gasteiger partial charge >= 0.3 is 5.97 Å². The maximum Gasteiger partial charge on any atom is 0.379 e. The Hall–Kier alpha value is -3.50. The number of furan rings is 1. The predicted molar refractivity (Wildman–Crippen MR) is 111 cm³/mol. The van der Waals surface area contributed by atoms with Gasteiger partial charge in [0, 0.05) is 0 Å². The fourth-order valence-electron chi connectivity index (χ4n) is 2.60. The van der Waals surface area contributed by atoms with Crippen LogP contribution in [0.2, 0.25) is 0 Å². The van der Waals surface area contributed by atoms with Crippen LogP contribution in [0.1, 0.15) is 21.7 Å². The first-order chi connectivity index (χ1) is 14.0. The Bertz CT molecular complexity index is 1110. The number of nitrogens with zero attached hydrogens (tertiary/aromatic N) is 1. The number of carbonyl (C=O) groups is 1. The molecule has 7 heteroatoms. The van der Waals surface area contributed by atoms with Crippen molar-refractivity contribution in [1.82, 2.24) is 0 Å². The molecular formula is C22H16BrNO5. The van der Waals surface area contributed by atoms with E-state index in [1.165, 1.54) is 13.2 Å². The van der Waals surface area contributed by atoms with E-state index < -0.39 is 5.97 Å². The molecule has 0 radical (unpaired) electrons. The van der Waals surface area contributed by atoms with Gasteiger partial charge in [-0.2, -0.15) is 5.26 Å². The first-order valence-corrected chi connectivity index (χ1v) is 9.25. The molecule has 0 unspecified atom stereocenters. The molecule has 1 heterocycles. The van der Waals surface area contributed by atoms with Crippen LogP contribution < -0.4 is 14.2 Å². The van der Waals surface area contributed by atoms with Gasteiger partial charge in [-0.25, -0.2) is 4.79 Å². The smallest absolute Gasteiger partial charge is 0.379 e. The monoisotopic (exact) mass is 453 g/mol. The van der Waals surface area contributed by atoms with E-state index >= 15 is 0 Å². The van der Waals surface area contributed by atoms with Gasteiger partial charge in [-0.05, 0) is 75.6 Å². The van der Waals surface area contributed by atoms with Crippen molar-refractivity contribution < 1.29 is 23.4 Å². The van der Waals surface area contributed by atoms with Crippen LogP contribution in [0.3, 0.4) is 0 Å². The number of esters is 1. The zero-order valence-electron chi connectivity index (χ0n) is 15.6. The topological polar surface area (TPSA) is 81.7 Å². The fourth-order valence-corrected chi connectivity index (χ4v) is 2.91. The molecule has 0 fully saturated rings. The molecule has 1 aromatic heterocycles. The van der Waals surface area contributed by atoms with Crippen molar-refractivity contribution in [2.24, 2.45) is 0 Å². The van der Waals surface area contributed by atoms with E-state index in [2.05, 4.69) is 22.0 Å². The molecule has 146 valence electrons. The summed E-state index contributed by atoms with van der Waals surface area (Å²) in [6.07, 6.45) is 1.70. The molecule has 0 N–H and O–H groups in total. The Balaban J connectivity index is 1.86. The molecule has 0 aliphatic heterocycles. The van der Waals surface area contributed by atoms with Crippen LogP contribution in [-0.2, 0) is 0 Å². The molecule has 0 saturated heterocycles. The van der Waals surface area contributed by atoms with Gasteiger partial charge in [0.05, 0.1) is 25.9 Å². The molecule has 29 heavy (non-hydrogen) atoms. The SMILES string of the molecule is COc1ccc(/C(C#N)=C\c2cccc(OC(=O)c3ccc(Br)o3)c2)cc1OC. The Morgan fingerprint density at radius 1 is 1.07 bits per heavy atom. The molecule has 0 spiro atoms. The third kappa shape index (κ3) is 4.86. The van der Waals surface area contributed by atoms with Crippen molar-refractivity contribution >= 4 is 33.5 Å². The molecule has 3 aromatic rings. The molecule has 0 saturated carbocycles. The van der Waals surface area contributed by atoms with Gasteiger partial charge < -0.3 is 18.6 Å². The minimum atomic E-state index is -0.614. The summed E-state index contributed by atoms with van der Waals surface area (Å²) in [4.78, 5) is 12.1. The van der Waals surface area contributed by atoms with Crippen molar-refractivity contribution in [2.45, 2.75) is 0 Å². The zero-order chi connectivity index (χ0) is 20.8. The first kappa shape index (κ1) is 20.2. The number of rotatable bonds is 6. The van der Waals surface area contributed by atoms with Crippen LogP contribution >= 0.6 is 15.9 Å². The highest BCUT2D eigenvalue weighted by molar-refractivity contribution is 9.10. The minimum Gasteiger partial charge on any atom is -0.493 e. The molecular weight excluding hydrogens is 438 g/mol. The number of hydrogen-bond acceptors (Lipinski definition) is 6.